The fourth-order valence-electron chi connectivity index (χ4n) is 4.41. The van der Waals surface area contributed by atoms with Crippen LogP contribution in [0.15, 0.2) is 4.52 Å². The lowest BCUT2D eigenvalue weighted by atomic mass is 9.95. The molecule has 10 heteroatoms. The van der Waals surface area contributed by atoms with Gasteiger partial charge in [0.2, 0.25) is 11.7 Å². The number of carbonyl (C=O) groups is 2. The van der Waals surface area contributed by atoms with E-state index in [0.717, 1.165) is 36.9 Å². The van der Waals surface area contributed by atoms with Crippen LogP contribution in [0, 0.1) is 0 Å². The van der Waals surface area contributed by atoms with Gasteiger partial charge in [0.15, 0.2) is 9.84 Å². The summed E-state index contributed by atoms with van der Waals surface area (Å²) >= 11 is 0. The highest BCUT2D eigenvalue weighted by Gasteiger charge is 2.50. The maximum Gasteiger partial charge on any atom is 0.293 e. The Balaban J connectivity index is 1.62. The first-order chi connectivity index (χ1) is 12.9. The predicted molar refractivity (Wildman–Crippen MR) is 94.0 cm³/mol. The van der Waals surface area contributed by atoms with Gasteiger partial charge in [0.25, 0.3) is 5.91 Å². The van der Waals surface area contributed by atoms with E-state index in [2.05, 4.69) is 5.16 Å². The third kappa shape index (κ3) is 3.25. The summed E-state index contributed by atoms with van der Waals surface area (Å²) in [6.07, 6.45) is 3.55. The predicted octanol–water partition coefficient (Wildman–Crippen LogP) is -0.350. The molecule has 1 aromatic heterocycles. The van der Waals surface area contributed by atoms with Gasteiger partial charge in [0, 0.05) is 25.8 Å². The Labute approximate surface area is 157 Å². The van der Waals surface area contributed by atoms with Gasteiger partial charge in [-0.25, -0.2) is 8.42 Å². The molecule has 27 heavy (non-hydrogen) atoms. The maximum absolute atomic E-state index is 13.2. The number of ether oxygens (including phenoxy) is 1. The summed E-state index contributed by atoms with van der Waals surface area (Å²) in [5.74, 6) is -0.628. The largest absolute Gasteiger partial charge is 0.375 e. The average molecular weight is 397 g/mol. The lowest BCUT2D eigenvalue weighted by molar-refractivity contribution is -0.140. The molecular formula is C17H23N3O6S. The highest BCUT2D eigenvalue weighted by Crippen LogP contribution is 2.31. The zero-order valence-corrected chi connectivity index (χ0v) is 16.0. The van der Waals surface area contributed by atoms with E-state index in [1.807, 2.05) is 0 Å². The molecule has 1 aliphatic carbocycles. The molecule has 0 saturated carbocycles. The van der Waals surface area contributed by atoms with Crippen LogP contribution in [0.5, 0.6) is 0 Å². The van der Waals surface area contributed by atoms with Crippen molar-refractivity contribution in [2.45, 2.75) is 37.8 Å². The number of piperazine rings is 1. The molecule has 2 fully saturated rings. The van der Waals surface area contributed by atoms with E-state index < -0.39 is 21.9 Å². The summed E-state index contributed by atoms with van der Waals surface area (Å²) in [4.78, 5) is 28.6. The highest BCUT2D eigenvalue weighted by atomic mass is 32.2. The van der Waals surface area contributed by atoms with Crippen molar-refractivity contribution in [1.29, 1.82) is 0 Å². The summed E-state index contributed by atoms with van der Waals surface area (Å²) in [5, 5.41) is 4.03. The van der Waals surface area contributed by atoms with E-state index >= 15 is 0 Å². The molecule has 2 amide bonds. The van der Waals surface area contributed by atoms with Gasteiger partial charge in [-0.05, 0) is 25.7 Å². The van der Waals surface area contributed by atoms with Gasteiger partial charge in [0.1, 0.15) is 6.61 Å². The number of hydrogen-bond acceptors (Lipinski definition) is 7. The van der Waals surface area contributed by atoms with E-state index in [1.165, 1.54) is 7.11 Å². The molecule has 2 atom stereocenters. The van der Waals surface area contributed by atoms with Crippen LogP contribution in [-0.4, -0.2) is 85.6 Å². The Morgan fingerprint density at radius 1 is 1.15 bits per heavy atom. The number of aromatic nitrogens is 1. The number of fused-ring (bicyclic) bond motifs is 2. The normalized spacial score (nSPS) is 26.6. The summed E-state index contributed by atoms with van der Waals surface area (Å²) in [7, 11) is -1.91. The molecule has 0 unspecified atom stereocenters. The number of sulfone groups is 1. The number of nitrogens with zero attached hydrogens (tertiary/aromatic N) is 3. The fraction of sp³-hybridized carbons (Fsp3) is 0.706. The van der Waals surface area contributed by atoms with Gasteiger partial charge < -0.3 is 19.1 Å². The molecule has 2 saturated heterocycles. The molecule has 3 heterocycles. The summed E-state index contributed by atoms with van der Waals surface area (Å²) < 4.78 is 34.8. The minimum atomic E-state index is -3.34. The standard InChI is InChI=1S/C17H23N3O6S/c1-25-8-15(21)19-6-7-20(14-10-27(23,24)9-13(14)19)17(22)16-11-4-2-3-5-12(11)18-26-16/h13-14H,2-10H2,1H3/t13-,14+/m1/s1. The van der Waals surface area contributed by atoms with Gasteiger partial charge in [-0.3, -0.25) is 9.59 Å². The van der Waals surface area contributed by atoms with Crippen LogP contribution in [0.25, 0.3) is 0 Å². The minimum absolute atomic E-state index is 0.104. The summed E-state index contributed by atoms with van der Waals surface area (Å²) in [5.41, 5.74) is 1.68. The molecule has 1 aromatic rings. The van der Waals surface area contributed by atoms with Crippen LogP contribution in [0.3, 0.4) is 0 Å². The third-order valence-corrected chi connectivity index (χ3v) is 7.38. The van der Waals surface area contributed by atoms with Crippen LogP contribution < -0.4 is 0 Å². The molecule has 0 spiro atoms. The SMILES string of the molecule is COCC(=O)N1CCN(C(=O)c2onc3c2CCCC3)[C@H]2CS(=O)(=O)C[C@H]21. The van der Waals surface area contributed by atoms with Gasteiger partial charge in [0.05, 0.1) is 29.3 Å². The molecule has 9 nitrogen and oxygen atoms in total. The minimum Gasteiger partial charge on any atom is -0.375 e. The molecule has 0 bridgehead atoms. The van der Waals surface area contributed by atoms with Crippen LogP contribution in [0.4, 0.5) is 0 Å². The van der Waals surface area contributed by atoms with Crippen LogP contribution in [-0.2, 0) is 32.2 Å². The Hall–Kier alpha value is -1.94. The number of amides is 2. The molecule has 3 aliphatic rings. The van der Waals surface area contributed by atoms with Crippen molar-refractivity contribution in [1.82, 2.24) is 15.0 Å². The second-order valence-corrected chi connectivity index (χ2v) is 9.53. The lowest BCUT2D eigenvalue weighted by Crippen LogP contribution is -2.62. The van der Waals surface area contributed by atoms with Crippen molar-refractivity contribution < 1.29 is 27.3 Å². The van der Waals surface area contributed by atoms with E-state index in [1.54, 1.807) is 9.80 Å². The second-order valence-electron chi connectivity index (χ2n) is 7.37. The molecule has 0 aromatic carbocycles. The lowest BCUT2D eigenvalue weighted by Gasteiger charge is -2.43. The van der Waals surface area contributed by atoms with Gasteiger partial charge >= 0.3 is 0 Å². The average Bonchev–Trinajstić information content (AvgIpc) is 3.20. The fourth-order valence-corrected chi connectivity index (χ4v) is 6.39. The zero-order chi connectivity index (χ0) is 19.2. The van der Waals surface area contributed by atoms with Gasteiger partial charge in [-0.15, -0.1) is 0 Å². The second kappa shape index (κ2) is 6.90. The first-order valence-corrected chi connectivity index (χ1v) is 11.0. The van der Waals surface area contributed by atoms with Crippen molar-refractivity contribution in [3.63, 3.8) is 0 Å². The van der Waals surface area contributed by atoms with Crippen molar-refractivity contribution >= 4 is 21.7 Å². The van der Waals surface area contributed by atoms with E-state index in [4.69, 9.17) is 9.26 Å². The van der Waals surface area contributed by atoms with Gasteiger partial charge in [-0.1, -0.05) is 5.16 Å². The number of methoxy groups -OCH3 is 1. The number of hydrogen-bond donors (Lipinski definition) is 0. The first kappa shape index (κ1) is 18.4. The highest BCUT2D eigenvalue weighted by molar-refractivity contribution is 7.91. The smallest absolute Gasteiger partial charge is 0.293 e. The molecule has 2 aliphatic heterocycles. The summed E-state index contributed by atoms with van der Waals surface area (Å²) in [6.45, 7) is 0.439. The van der Waals surface area contributed by atoms with Gasteiger partial charge in [-0.2, -0.15) is 0 Å². The molecule has 0 N–H and O–H groups in total. The Bertz CT molecular complexity index is 864. The third-order valence-electron chi connectivity index (χ3n) is 5.68. The Morgan fingerprint density at radius 3 is 2.56 bits per heavy atom. The number of rotatable bonds is 3. The van der Waals surface area contributed by atoms with E-state index in [0.29, 0.717) is 0 Å². The first-order valence-electron chi connectivity index (χ1n) is 9.18. The monoisotopic (exact) mass is 397 g/mol. The molecule has 4 rings (SSSR count). The number of carbonyl (C=O) groups excluding carboxylic acids is 2. The molecule has 148 valence electrons. The van der Waals surface area contributed by atoms with Crippen LogP contribution in [0.2, 0.25) is 0 Å². The molecule has 0 radical (unpaired) electrons. The number of aryl methyl sites for hydroxylation is 1. The van der Waals surface area contributed by atoms with Crippen molar-refractivity contribution in [2.75, 3.05) is 38.3 Å². The van der Waals surface area contributed by atoms with E-state index in [9.17, 15) is 18.0 Å². The Kier molecular flexibility index (Phi) is 4.71. The summed E-state index contributed by atoms with van der Waals surface area (Å²) in [6, 6.07) is -1.12. The zero-order valence-electron chi connectivity index (χ0n) is 15.2. The van der Waals surface area contributed by atoms with Crippen LogP contribution >= 0.6 is 0 Å². The Morgan fingerprint density at radius 2 is 1.81 bits per heavy atom. The van der Waals surface area contributed by atoms with Crippen molar-refractivity contribution in [3.05, 3.63) is 17.0 Å². The maximum atomic E-state index is 13.2. The van der Waals surface area contributed by atoms with Crippen LogP contribution in [0.1, 0.15) is 34.7 Å². The van der Waals surface area contributed by atoms with Crippen molar-refractivity contribution in [2.24, 2.45) is 0 Å². The molecular weight excluding hydrogens is 374 g/mol. The quantitative estimate of drug-likeness (QED) is 0.686. The topological polar surface area (TPSA) is 110 Å². The van der Waals surface area contributed by atoms with E-state index in [-0.39, 0.29) is 48.8 Å². The van der Waals surface area contributed by atoms with Crippen molar-refractivity contribution in [3.8, 4) is 0 Å².